The van der Waals surface area contributed by atoms with Crippen LogP contribution in [0.2, 0.25) is 0 Å². The second-order valence-corrected chi connectivity index (χ2v) is 6.79. The molecule has 0 aliphatic rings. The van der Waals surface area contributed by atoms with Crippen molar-refractivity contribution in [2.45, 2.75) is 49.4 Å². The number of thioether (sulfide) groups is 1. The molecule has 0 saturated carbocycles. The van der Waals surface area contributed by atoms with Crippen molar-refractivity contribution in [3.63, 3.8) is 0 Å². The molecular weight excluding hydrogens is 311 g/mol. The lowest BCUT2D eigenvalue weighted by molar-refractivity contribution is -0.129. The molecule has 0 fully saturated rings. The van der Waals surface area contributed by atoms with Crippen LogP contribution in [0.1, 0.15) is 39.0 Å². The van der Waals surface area contributed by atoms with E-state index in [1.165, 1.54) is 0 Å². The van der Waals surface area contributed by atoms with Gasteiger partial charge in [-0.3, -0.25) is 4.79 Å². The number of hydrogen-bond acceptors (Lipinski definition) is 2. The first-order valence-electron chi connectivity index (χ1n) is 6.27. The van der Waals surface area contributed by atoms with Gasteiger partial charge in [0.05, 0.1) is 6.42 Å². The summed E-state index contributed by atoms with van der Waals surface area (Å²) in [6.07, 6.45) is 2.11. The van der Waals surface area contributed by atoms with Crippen LogP contribution in [-0.4, -0.2) is 22.0 Å². The van der Waals surface area contributed by atoms with Gasteiger partial charge in [0.25, 0.3) is 0 Å². The zero-order chi connectivity index (χ0) is 15.8. The molecule has 2 nitrogen and oxygen atoms in total. The van der Waals surface area contributed by atoms with Gasteiger partial charge < -0.3 is 5.73 Å². The second kappa shape index (κ2) is 8.68. The molecule has 7 heteroatoms. The maximum absolute atomic E-state index is 12.1. The molecule has 0 aromatic carbocycles. The van der Waals surface area contributed by atoms with Crippen LogP contribution in [0.3, 0.4) is 0 Å². The lowest BCUT2D eigenvalue weighted by Gasteiger charge is -2.25. The van der Waals surface area contributed by atoms with E-state index in [0.29, 0.717) is 12.8 Å². The largest absolute Gasteiger partial charge is 0.389 e. The number of carbonyl (C=O) groups excluding carboxylic acids is 1. The van der Waals surface area contributed by atoms with Gasteiger partial charge in [0.1, 0.15) is 0 Å². The Morgan fingerprint density at radius 2 is 2.05 bits per heavy atom. The third-order valence-corrected chi connectivity index (χ3v) is 4.92. The van der Waals surface area contributed by atoms with E-state index in [2.05, 4.69) is 5.92 Å². The van der Waals surface area contributed by atoms with Crippen molar-refractivity contribution >= 4 is 29.3 Å². The fourth-order valence-corrected chi connectivity index (χ4v) is 3.00. The first kappa shape index (κ1) is 19.5. The Balaban J connectivity index is 4.46. The van der Waals surface area contributed by atoms with E-state index in [1.807, 2.05) is 6.92 Å². The molecule has 1 amide bonds. The van der Waals surface area contributed by atoms with Crippen molar-refractivity contribution in [3.05, 3.63) is 0 Å². The lowest BCUT2D eigenvalue weighted by atomic mass is 9.96. The monoisotopic (exact) mass is 329 g/mol. The fourth-order valence-electron chi connectivity index (χ4n) is 1.60. The standard InChI is InChI=1S/C13H19ClF3NOS/c1-3-5-10(4-2)6-7-12(14,11(18)19)20-9-8-13(15,16)17/h1,10H,4-9H2,2H3,(H2,18,19). The van der Waals surface area contributed by atoms with Crippen molar-refractivity contribution < 1.29 is 18.0 Å². The zero-order valence-electron chi connectivity index (χ0n) is 11.3. The zero-order valence-corrected chi connectivity index (χ0v) is 12.9. The molecule has 0 aromatic rings. The van der Waals surface area contributed by atoms with Crippen LogP contribution in [0.5, 0.6) is 0 Å². The van der Waals surface area contributed by atoms with E-state index < -0.39 is 22.7 Å². The summed E-state index contributed by atoms with van der Waals surface area (Å²) in [6, 6.07) is 0. The molecule has 0 heterocycles. The molecule has 0 saturated heterocycles. The van der Waals surface area contributed by atoms with E-state index in [0.717, 1.165) is 18.2 Å². The highest BCUT2D eigenvalue weighted by molar-refractivity contribution is 8.02. The van der Waals surface area contributed by atoms with E-state index in [1.54, 1.807) is 0 Å². The Kier molecular flexibility index (Phi) is 8.45. The summed E-state index contributed by atoms with van der Waals surface area (Å²) in [5.41, 5.74) is 5.21. The van der Waals surface area contributed by atoms with Gasteiger partial charge in [-0.25, -0.2) is 0 Å². The van der Waals surface area contributed by atoms with Crippen molar-refractivity contribution in [3.8, 4) is 12.3 Å². The SMILES string of the molecule is C#CCC(CC)CCC(Cl)(SCCC(F)(F)F)C(N)=O. The molecule has 2 unspecified atom stereocenters. The molecule has 2 atom stereocenters. The average Bonchev–Trinajstić information content (AvgIpc) is 2.32. The van der Waals surface area contributed by atoms with E-state index in [-0.39, 0.29) is 18.1 Å². The minimum atomic E-state index is -4.27. The molecular formula is C13H19ClF3NOS. The normalized spacial score (nSPS) is 16.2. The van der Waals surface area contributed by atoms with Crippen LogP contribution >= 0.6 is 23.4 Å². The molecule has 0 spiro atoms. The Hall–Kier alpha value is -0.540. The summed E-state index contributed by atoms with van der Waals surface area (Å²) >= 11 is 6.82. The maximum atomic E-state index is 12.1. The van der Waals surface area contributed by atoms with Gasteiger partial charge in [0.2, 0.25) is 5.91 Å². The first-order chi connectivity index (χ1) is 9.14. The molecule has 2 N–H and O–H groups in total. The molecule has 0 aliphatic carbocycles. The first-order valence-corrected chi connectivity index (χ1v) is 7.64. The summed E-state index contributed by atoms with van der Waals surface area (Å²) in [4.78, 5) is 11.4. The summed E-state index contributed by atoms with van der Waals surface area (Å²) in [6.45, 7) is 1.96. The predicted octanol–water partition coefficient (Wildman–Crippen LogP) is 3.92. The van der Waals surface area contributed by atoms with Crippen molar-refractivity contribution in [1.29, 1.82) is 0 Å². The lowest BCUT2D eigenvalue weighted by Crippen LogP contribution is -2.36. The number of alkyl halides is 4. The smallest absolute Gasteiger partial charge is 0.367 e. The molecule has 20 heavy (non-hydrogen) atoms. The summed E-state index contributed by atoms with van der Waals surface area (Å²) < 4.78 is 34.8. The van der Waals surface area contributed by atoms with Gasteiger partial charge in [0.15, 0.2) is 4.21 Å². The number of rotatable bonds is 9. The van der Waals surface area contributed by atoms with E-state index >= 15 is 0 Å². The molecule has 0 rings (SSSR count). The second-order valence-electron chi connectivity index (χ2n) is 4.53. The van der Waals surface area contributed by atoms with Crippen LogP contribution in [0, 0.1) is 18.3 Å². The predicted molar refractivity (Wildman–Crippen MR) is 77.4 cm³/mol. The number of nitrogens with two attached hydrogens (primary N) is 1. The number of amides is 1. The molecule has 0 aliphatic heterocycles. The van der Waals surface area contributed by atoms with Gasteiger partial charge >= 0.3 is 6.18 Å². The fraction of sp³-hybridized carbons (Fsp3) is 0.769. The molecule has 0 aromatic heterocycles. The van der Waals surface area contributed by atoms with Crippen LogP contribution in [-0.2, 0) is 4.79 Å². The van der Waals surface area contributed by atoms with Crippen LogP contribution in [0.25, 0.3) is 0 Å². The molecule has 0 radical (unpaired) electrons. The Morgan fingerprint density at radius 3 is 2.45 bits per heavy atom. The van der Waals surface area contributed by atoms with Gasteiger partial charge in [-0.15, -0.1) is 24.1 Å². The quantitative estimate of drug-likeness (QED) is 0.514. The minimum Gasteiger partial charge on any atom is -0.367 e. The Morgan fingerprint density at radius 1 is 1.45 bits per heavy atom. The van der Waals surface area contributed by atoms with Gasteiger partial charge in [-0.1, -0.05) is 24.9 Å². The minimum absolute atomic E-state index is 0.195. The highest BCUT2D eigenvalue weighted by Gasteiger charge is 2.37. The Labute approximate surface area is 127 Å². The summed E-state index contributed by atoms with van der Waals surface area (Å²) in [5.74, 6) is 1.63. The van der Waals surface area contributed by atoms with Crippen LogP contribution in [0.15, 0.2) is 0 Å². The topological polar surface area (TPSA) is 43.1 Å². The number of hydrogen-bond donors (Lipinski definition) is 1. The highest BCUT2D eigenvalue weighted by Crippen LogP contribution is 2.38. The number of halogens is 4. The van der Waals surface area contributed by atoms with E-state index in [4.69, 9.17) is 23.8 Å². The third kappa shape index (κ3) is 7.91. The van der Waals surface area contributed by atoms with Gasteiger partial charge in [0, 0.05) is 12.2 Å². The Bertz CT molecular complexity index is 357. The van der Waals surface area contributed by atoms with E-state index in [9.17, 15) is 18.0 Å². The average molecular weight is 330 g/mol. The highest BCUT2D eigenvalue weighted by atomic mass is 35.5. The number of primary amides is 1. The van der Waals surface area contributed by atoms with Crippen molar-refractivity contribution in [1.82, 2.24) is 0 Å². The third-order valence-electron chi connectivity index (χ3n) is 2.94. The van der Waals surface area contributed by atoms with Gasteiger partial charge in [-0.05, 0) is 18.8 Å². The molecule has 0 bridgehead atoms. The number of carbonyl (C=O) groups is 1. The van der Waals surface area contributed by atoms with Crippen molar-refractivity contribution in [2.75, 3.05) is 5.75 Å². The molecule has 116 valence electrons. The maximum Gasteiger partial charge on any atom is 0.389 e. The summed E-state index contributed by atoms with van der Waals surface area (Å²) in [5, 5.41) is 0. The van der Waals surface area contributed by atoms with Crippen LogP contribution in [0.4, 0.5) is 13.2 Å². The van der Waals surface area contributed by atoms with Gasteiger partial charge in [-0.2, -0.15) is 13.2 Å². The van der Waals surface area contributed by atoms with Crippen LogP contribution < -0.4 is 5.73 Å². The summed E-state index contributed by atoms with van der Waals surface area (Å²) in [7, 11) is 0. The van der Waals surface area contributed by atoms with Crippen molar-refractivity contribution in [2.24, 2.45) is 11.7 Å². The number of terminal acetylenes is 1.